The molecule has 0 aliphatic carbocycles. The molecule has 0 spiro atoms. The van der Waals surface area contributed by atoms with Crippen LogP contribution in [0.4, 0.5) is 0 Å². The monoisotopic (exact) mass is 171 g/mol. The number of hydrogen-bond donors (Lipinski definition) is 1. The van der Waals surface area contributed by atoms with Gasteiger partial charge in [0.1, 0.15) is 0 Å². The highest BCUT2D eigenvalue weighted by molar-refractivity contribution is 4.82. The fourth-order valence-corrected chi connectivity index (χ4v) is 0.953. The van der Waals surface area contributed by atoms with Gasteiger partial charge in [0.05, 0.1) is 0 Å². The summed E-state index contributed by atoms with van der Waals surface area (Å²) >= 11 is 0. The van der Waals surface area contributed by atoms with Crippen LogP contribution >= 0.6 is 0 Å². The third kappa shape index (κ3) is 3.57. The van der Waals surface area contributed by atoms with E-state index in [1.54, 1.807) is 0 Å². The van der Waals surface area contributed by atoms with E-state index >= 15 is 0 Å². The predicted molar refractivity (Wildman–Crippen MR) is 56.4 cm³/mol. The van der Waals surface area contributed by atoms with E-state index in [1.165, 1.54) is 6.42 Å². The Kier molecular flexibility index (Phi) is 4.25. The zero-order valence-corrected chi connectivity index (χ0v) is 9.62. The van der Waals surface area contributed by atoms with Gasteiger partial charge in [-0.05, 0) is 30.3 Å². The normalized spacial score (nSPS) is 13.5. The summed E-state index contributed by atoms with van der Waals surface area (Å²) in [6, 6.07) is 0. The van der Waals surface area contributed by atoms with Crippen molar-refractivity contribution in [3.8, 4) is 0 Å². The minimum Gasteiger partial charge on any atom is -0.317 e. The van der Waals surface area contributed by atoms with Crippen LogP contribution in [0.25, 0.3) is 0 Å². The van der Waals surface area contributed by atoms with E-state index in [-0.39, 0.29) is 0 Å². The third-order valence-electron chi connectivity index (χ3n) is 3.21. The molecule has 0 unspecified atom stereocenters. The average molecular weight is 171 g/mol. The molecule has 0 amide bonds. The summed E-state index contributed by atoms with van der Waals surface area (Å²) in [6.45, 7) is 16.0. The lowest BCUT2D eigenvalue weighted by molar-refractivity contribution is 0.120. The molecule has 12 heavy (non-hydrogen) atoms. The van der Waals surface area contributed by atoms with Crippen LogP contribution in [0.1, 0.15) is 48.0 Å². The van der Waals surface area contributed by atoms with Crippen LogP contribution in [0.5, 0.6) is 0 Å². The van der Waals surface area contributed by atoms with E-state index in [1.807, 2.05) is 0 Å². The fourth-order valence-electron chi connectivity index (χ4n) is 0.953. The molecule has 0 fully saturated rings. The Morgan fingerprint density at radius 3 is 1.83 bits per heavy atom. The molecule has 0 aromatic heterocycles. The first-order chi connectivity index (χ1) is 5.31. The van der Waals surface area contributed by atoms with Gasteiger partial charge >= 0.3 is 0 Å². The Hall–Kier alpha value is -0.0400. The second-order valence-electron chi connectivity index (χ2n) is 5.24. The summed E-state index contributed by atoms with van der Waals surface area (Å²) in [5, 5.41) is 3.38. The zero-order valence-electron chi connectivity index (χ0n) is 9.62. The Morgan fingerprint density at radius 1 is 1.00 bits per heavy atom. The summed E-state index contributed by atoms with van der Waals surface area (Å²) < 4.78 is 0. The predicted octanol–water partition coefficient (Wildman–Crippen LogP) is 3.06. The van der Waals surface area contributed by atoms with Gasteiger partial charge in [0.15, 0.2) is 0 Å². The molecule has 0 heterocycles. The second kappa shape index (κ2) is 4.27. The van der Waals surface area contributed by atoms with Gasteiger partial charge in [0.2, 0.25) is 0 Å². The van der Waals surface area contributed by atoms with Crippen LogP contribution in [-0.4, -0.2) is 13.1 Å². The van der Waals surface area contributed by atoms with Gasteiger partial charge < -0.3 is 5.32 Å². The maximum absolute atomic E-state index is 3.38. The molecule has 0 aromatic rings. The van der Waals surface area contributed by atoms with Crippen molar-refractivity contribution >= 4 is 0 Å². The van der Waals surface area contributed by atoms with E-state index < -0.39 is 0 Å². The van der Waals surface area contributed by atoms with Gasteiger partial charge in [0.25, 0.3) is 0 Å². The van der Waals surface area contributed by atoms with Crippen molar-refractivity contribution in [2.24, 2.45) is 10.8 Å². The van der Waals surface area contributed by atoms with Crippen LogP contribution in [0.2, 0.25) is 0 Å². The highest BCUT2D eigenvalue weighted by atomic mass is 14.8. The molecule has 0 saturated carbocycles. The summed E-state index contributed by atoms with van der Waals surface area (Å²) in [7, 11) is 0. The maximum atomic E-state index is 3.38. The van der Waals surface area contributed by atoms with Crippen LogP contribution in [0.3, 0.4) is 0 Å². The van der Waals surface area contributed by atoms with Crippen LogP contribution in [0.15, 0.2) is 0 Å². The first-order valence-corrected chi connectivity index (χ1v) is 5.02. The minimum atomic E-state index is 0.405. The molecule has 0 aliphatic heterocycles. The van der Waals surface area contributed by atoms with Gasteiger partial charge in [-0.1, -0.05) is 41.5 Å². The lowest BCUT2D eigenvalue weighted by Gasteiger charge is -2.39. The average Bonchev–Trinajstić information content (AvgIpc) is 1.85. The zero-order chi connectivity index (χ0) is 9.83. The van der Waals surface area contributed by atoms with Crippen LogP contribution in [0, 0.1) is 10.8 Å². The van der Waals surface area contributed by atoms with Gasteiger partial charge in [-0.3, -0.25) is 0 Å². The summed E-state index contributed by atoms with van der Waals surface area (Å²) in [5.74, 6) is 0. The summed E-state index contributed by atoms with van der Waals surface area (Å²) in [5.41, 5.74) is 0.831. The summed E-state index contributed by atoms with van der Waals surface area (Å²) in [4.78, 5) is 0. The molecule has 0 radical (unpaired) electrons. The molecule has 0 saturated heterocycles. The van der Waals surface area contributed by atoms with Crippen molar-refractivity contribution in [1.29, 1.82) is 0 Å². The topological polar surface area (TPSA) is 12.0 Å². The van der Waals surface area contributed by atoms with Gasteiger partial charge in [-0.25, -0.2) is 0 Å². The Labute approximate surface area is 77.9 Å². The van der Waals surface area contributed by atoms with E-state index in [2.05, 4.69) is 46.9 Å². The Morgan fingerprint density at radius 2 is 1.50 bits per heavy atom. The van der Waals surface area contributed by atoms with Crippen LogP contribution in [-0.2, 0) is 0 Å². The largest absolute Gasteiger partial charge is 0.317 e. The quantitative estimate of drug-likeness (QED) is 0.641. The van der Waals surface area contributed by atoms with Crippen molar-refractivity contribution < 1.29 is 0 Å². The van der Waals surface area contributed by atoms with E-state index in [0.717, 1.165) is 13.1 Å². The molecular formula is C11H25N. The van der Waals surface area contributed by atoms with Gasteiger partial charge in [0, 0.05) is 0 Å². The van der Waals surface area contributed by atoms with E-state index in [0.29, 0.717) is 10.8 Å². The van der Waals surface area contributed by atoms with Crippen molar-refractivity contribution in [2.75, 3.05) is 13.1 Å². The molecule has 74 valence electrons. The maximum Gasteiger partial charge on any atom is -0.00437 e. The third-order valence-corrected chi connectivity index (χ3v) is 3.21. The lowest BCUT2D eigenvalue weighted by atomic mass is 9.67. The number of hydrogen-bond acceptors (Lipinski definition) is 1. The molecule has 0 rings (SSSR count). The van der Waals surface area contributed by atoms with Gasteiger partial charge in [-0.15, -0.1) is 0 Å². The van der Waals surface area contributed by atoms with E-state index in [4.69, 9.17) is 0 Å². The minimum absolute atomic E-state index is 0.405. The van der Waals surface area contributed by atoms with Crippen molar-refractivity contribution in [1.82, 2.24) is 5.32 Å². The fraction of sp³-hybridized carbons (Fsp3) is 1.00. The first kappa shape index (κ1) is 12.0. The Balaban J connectivity index is 3.88. The van der Waals surface area contributed by atoms with E-state index in [9.17, 15) is 0 Å². The molecule has 1 heteroatoms. The standard InChI is InChI=1S/C11H25N/c1-7-12-9-8-11(5,6)10(2,3)4/h12H,7-9H2,1-6H3. The molecule has 1 N–H and O–H groups in total. The molecular weight excluding hydrogens is 146 g/mol. The lowest BCUT2D eigenvalue weighted by Crippen LogP contribution is -2.33. The van der Waals surface area contributed by atoms with Gasteiger partial charge in [-0.2, -0.15) is 0 Å². The highest BCUT2D eigenvalue weighted by Crippen LogP contribution is 2.40. The smallest absolute Gasteiger partial charge is 0.00437 e. The first-order valence-electron chi connectivity index (χ1n) is 5.02. The molecule has 0 bridgehead atoms. The van der Waals surface area contributed by atoms with Crippen molar-refractivity contribution in [3.05, 3.63) is 0 Å². The molecule has 0 aliphatic rings. The summed E-state index contributed by atoms with van der Waals surface area (Å²) in [6.07, 6.45) is 1.25. The number of rotatable bonds is 4. The molecule has 0 atom stereocenters. The van der Waals surface area contributed by atoms with Crippen LogP contribution < -0.4 is 5.32 Å². The second-order valence-corrected chi connectivity index (χ2v) is 5.24. The molecule has 0 aromatic carbocycles. The van der Waals surface area contributed by atoms with Crippen molar-refractivity contribution in [3.63, 3.8) is 0 Å². The molecule has 1 nitrogen and oxygen atoms in total. The SMILES string of the molecule is CCNCCC(C)(C)C(C)(C)C. The Bertz CT molecular complexity index is 119. The number of nitrogens with one attached hydrogen (secondary N) is 1. The highest BCUT2D eigenvalue weighted by Gasteiger charge is 2.31. The van der Waals surface area contributed by atoms with Crippen molar-refractivity contribution in [2.45, 2.75) is 48.0 Å².